The van der Waals surface area contributed by atoms with Crippen LogP contribution in [-0.2, 0) is 10.1 Å². The molecule has 3 nitrogen and oxygen atoms in total. The highest BCUT2D eigenvalue weighted by Crippen LogP contribution is 2.39. The summed E-state index contributed by atoms with van der Waals surface area (Å²) in [5.41, 5.74) is -4.83. The monoisotopic (exact) mass is 426 g/mol. The van der Waals surface area contributed by atoms with E-state index >= 15 is 0 Å². The van der Waals surface area contributed by atoms with Gasteiger partial charge in [-0.3, -0.25) is 4.55 Å². The van der Waals surface area contributed by atoms with Crippen LogP contribution in [0.4, 0.5) is 39.5 Å². The van der Waals surface area contributed by atoms with Crippen LogP contribution in [0.2, 0.25) is 0 Å². The van der Waals surface area contributed by atoms with Crippen LogP contribution in [0.1, 0.15) is 0 Å². The van der Waals surface area contributed by atoms with E-state index < -0.39 is 78.5 Å². The van der Waals surface area contributed by atoms with Gasteiger partial charge < -0.3 is 0 Å². The molecule has 0 aliphatic heterocycles. The van der Waals surface area contributed by atoms with Crippen LogP contribution in [0.3, 0.4) is 0 Å². The summed E-state index contributed by atoms with van der Waals surface area (Å²) < 4.78 is 151. The van der Waals surface area contributed by atoms with Gasteiger partial charge in [0.25, 0.3) is 10.1 Å². The normalized spacial score (nSPS) is 11.5. The number of hydrogen-bond acceptors (Lipinski definition) is 2. The van der Waals surface area contributed by atoms with Gasteiger partial charge in [0.2, 0.25) is 5.82 Å². The van der Waals surface area contributed by atoms with Gasteiger partial charge in [-0.1, -0.05) is 0 Å². The van der Waals surface area contributed by atoms with Gasteiger partial charge in [0.15, 0.2) is 63.9 Å². The maximum Gasteiger partial charge on any atom is 0.298 e. The Morgan fingerprint density at radius 3 is 1.12 bits per heavy atom. The predicted octanol–water partition coefficient (Wildman–Crippen LogP) is 2.67. The van der Waals surface area contributed by atoms with E-state index in [2.05, 4.69) is 0 Å². The molecule has 1 N–H and O–H groups in total. The van der Waals surface area contributed by atoms with Crippen LogP contribution in [-0.4, -0.2) is 30.3 Å². The Kier molecular flexibility index (Phi) is 6.09. The Hall–Kier alpha value is -1.75. The molecule has 0 aliphatic rings. The molecule has 0 atom stereocenters. The third-order valence-corrected chi connectivity index (χ3v) is 3.84. The van der Waals surface area contributed by atoms with Crippen molar-refractivity contribution in [3.05, 3.63) is 52.4 Å². The minimum absolute atomic E-state index is 0. The molecule has 0 radical (unpaired) electrons. The van der Waals surface area contributed by atoms with Gasteiger partial charge in [0, 0.05) is 0 Å². The predicted molar refractivity (Wildman–Crippen MR) is 71.3 cm³/mol. The van der Waals surface area contributed by atoms with Crippen LogP contribution < -0.4 is 0 Å². The van der Waals surface area contributed by atoms with Crippen molar-refractivity contribution in [2.24, 2.45) is 0 Å². The van der Waals surface area contributed by atoms with Gasteiger partial charge in [-0.25, -0.2) is 39.5 Å². The molecule has 2 aromatic rings. The highest BCUT2D eigenvalue weighted by Gasteiger charge is 2.37. The molecular weight excluding hydrogens is 422 g/mol. The first-order chi connectivity index (χ1) is 11.3. The van der Waals surface area contributed by atoms with Crippen LogP contribution >= 0.6 is 0 Å². The summed E-state index contributed by atoms with van der Waals surface area (Å²) in [5, 5.41) is 0. The zero-order valence-electron chi connectivity index (χ0n) is 11.1. The average Bonchev–Trinajstić information content (AvgIpc) is 2.52. The number of hydrogen-bond donors (Lipinski definition) is 1. The second-order valence-corrected chi connectivity index (χ2v) is 5.74. The van der Waals surface area contributed by atoms with Crippen molar-refractivity contribution in [1.82, 2.24) is 0 Å². The van der Waals surface area contributed by atoms with Crippen molar-refractivity contribution in [2.75, 3.05) is 0 Å². The SMILES string of the molecule is O=S(=O)(O)c1c(F)c(F)c(F)c(F)c1-c1c(F)c(F)c(F)c(F)c1F.[AlH3]. The fourth-order valence-corrected chi connectivity index (χ4v) is 2.67. The van der Waals surface area contributed by atoms with Gasteiger partial charge in [-0.15, -0.1) is 0 Å². The quantitative estimate of drug-likeness (QED) is 0.264. The zero-order chi connectivity index (χ0) is 19.4. The second kappa shape index (κ2) is 7.11. The van der Waals surface area contributed by atoms with Crippen LogP contribution in [0.25, 0.3) is 11.1 Å². The van der Waals surface area contributed by atoms with Crippen LogP contribution in [0.15, 0.2) is 4.90 Å². The van der Waals surface area contributed by atoms with Crippen molar-refractivity contribution in [3.63, 3.8) is 0 Å². The van der Waals surface area contributed by atoms with Crippen LogP contribution in [0.5, 0.6) is 0 Å². The number of rotatable bonds is 2. The van der Waals surface area contributed by atoms with Gasteiger partial charge >= 0.3 is 0 Å². The lowest BCUT2D eigenvalue weighted by molar-refractivity contribution is 0.376. The topological polar surface area (TPSA) is 54.4 Å². The molecule has 0 unspecified atom stereocenters. The summed E-state index contributed by atoms with van der Waals surface area (Å²) in [6, 6.07) is 0. The van der Waals surface area contributed by atoms with Crippen molar-refractivity contribution in [2.45, 2.75) is 4.90 Å². The number of halogens is 9. The molecule has 0 saturated carbocycles. The summed E-state index contributed by atoms with van der Waals surface area (Å²) in [7, 11) is -6.04. The Balaban J connectivity index is 0.00000338. The first kappa shape index (κ1) is 22.3. The molecular formula is C12H4AlF9O3S. The third kappa shape index (κ3) is 3.18. The Morgan fingerprint density at radius 1 is 0.500 bits per heavy atom. The van der Waals surface area contributed by atoms with Crippen molar-refractivity contribution < 1.29 is 52.5 Å². The zero-order valence-corrected chi connectivity index (χ0v) is 11.9. The summed E-state index contributed by atoms with van der Waals surface area (Å²) in [6.45, 7) is 0. The van der Waals surface area contributed by atoms with E-state index in [1.165, 1.54) is 0 Å². The maximum atomic E-state index is 13.8. The molecule has 0 spiro atoms. The molecule has 0 bridgehead atoms. The lowest BCUT2D eigenvalue weighted by Crippen LogP contribution is -2.14. The van der Waals surface area contributed by atoms with E-state index in [-0.39, 0.29) is 17.4 Å². The van der Waals surface area contributed by atoms with Crippen molar-refractivity contribution in [3.8, 4) is 11.1 Å². The molecule has 0 heterocycles. The minimum atomic E-state index is -6.04. The summed E-state index contributed by atoms with van der Waals surface area (Å²) in [6.07, 6.45) is 0. The van der Waals surface area contributed by atoms with Gasteiger partial charge in [-0.05, 0) is 0 Å². The molecule has 0 saturated heterocycles. The molecule has 0 aromatic heterocycles. The molecule has 2 aromatic carbocycles. The highest BCUT2D eigenvalue weighted by molar-refractivity contribution is 7.86. The van der Waals surface area contributed by atoms with E-state index in [0.717, 1.165) is 0 Å². The number of benzene rings is 2. The first-order valence-corrected chi connectivity index (χ1v) is 7.11. The van der Waals surface area contributed by atoms with Crippen molar-refractivity contribution in [1.29, 1.82) is 0 Å². The molecule has 142 valence electrons. The maximum absolute atomic E-state index is 13.8. The molecule has 0 amide bonds. The van der Waals surface area contributed by atoms with Gasteiger partial charge in [0.1, 0.15) is 4.90 Å². The standard InChI is InChI=1S/C12HF9O3S.Al.3H/c13-3-1(4(14)7(17)9(19)6(3)16)2-5(15)8(18)10(20)11(21)12(2)25(22,23)24;;;;/h(H,22,23,24);;;;. The Bertz CT molecular complexity index is 995. The van der Waals surface area contributed by atoms with Crippen molar-refractivity contribution >= 4 is 27.5 Å². The molecule has 0 aliphatic carbocycles. The van der Waals surface area contributed by atoms with Crippen LogP contribution in [0, 0.1) is 52.4 Å². The lowest BCUT2D eigenvalue weighted by Gasteiger charge is -2.14. The average molecular weight is 426 g/mol. The van der Waals surface area contributed by atoms with E-state index in [1.54, 1.807) is 0 Å². The van der Waals surface area contributed by atoms with E-state index in [0.29, 0.717) is 0 Å². The smallest absolute Gasteiger partial charge is 0.282 e. The fourth-order valence-electron chi connectivity index (χ4n) is 1.90. The molecule has 0 fully saturated rings. The highest BCUT2D eigenvalue weighted by atomic mass is 32.2. The Labute approximate surface area is 148 Å². The molecule has 2 rings (SSSR count). The minimum Gasteiger partial charge on any atom is -0.282 e. The molecule has 14 heteroatoms. The molecule has 26 heavy (non-hydrogen) atoms. The summed E-state index contributed by atoms with van der Waals surface area (Å²) in [5.74, 6) is -25.2. The largest absolute Gasteiger partial charge is 0.298 e. The Morgan fingerprint density at radius 2 is 0.769 bits per heavy atom. The van der Waals surface area contributed by atoms with E-state index in [1.807, 2.05) is 0 Å². The summed E-state index contributed by atoms with van der Waals surface area (Å²) >= 11 is 0. The first-order valence-electron chi connectivity index (χ1n) is 5.67. The third-order valence-electron chi connectivity index (χ3n) is 2.94. The van der Waals surface area contributed by atoms with E-state index in [9.17, 15) is 47.9 Å². The fraction of sp³-hybridized carbons (Fsp3) is 0. The lowest BCUT2D eigenvalue weighted by atomic mass is 10.0. The summed E-state index contributed by atoms with van der Waals surface area (Å²) in [4.78, 5) is -2.55. The second-order valence-electron chi connectivity index (χ2n) is 4.38. The van der Waals surface area contributed by atoms with Gasteiger partial charge in [0.05, 0.1) is 11.1 Å². The van der Waals surface area contributed by atoms with Gasteiger partial charge in [-0.2, -0.15) is 8.42 Å². The van der Waals surface area contributed by atoms with E-state index in [4.69, 9.17) is 4.55 Å².